The number of rotatable bonds is 6. The molecular formula is C26H30N4O4S. The van der Waals surface area contributed by atoms with Gasteiger partial charge in [0.1, 0.15) is 11.4 Å². The highest BCUT2D eigenvalue weighted by molar-refractivity contribution is 7.92. The number of hydrogen-bond acceptors (Lipinski definition) is 6. The highest BCUT2D eigenvalue weighted by Crippen LogP contribution is 2.28. The van der Waals surface area contributed by atoms with Crippen LogP contribution in [0.25, 0.3) is 0 Å². The molecule has 0 unspecified atom stereocenters. The number of carboxylic acids is 1. The lowest BCUT2D eigenvalue weighted by Crippen LogP contribution is -2.52. The molecule has 35 heavy (non-hydrogen) atoms. The molecule has 1 aromatic heterocycles. The summed E-state index contributed by atoms with van der Waals surface area (Å²) in [6, 6.07) is 14.8. The van der Waals surface area contributed by atoms with Crippen molar-refractivity contribution in [2.75, 3.05) is 34.2 Å². The summed E-state index contributed by atoms with van der Waals surface area (Å²) >= 11 is 0. The number of sulfonamides is 1. The number of aromatic nitrogens is 1. The minimum absolute atomic E-state index is 0.0400. The third kappa shape index (κ3) is 5.40. The SMILES string of the molecule is Cc1cccc(N2CCN(c3ncc(NS(=O)(=O)c4cc(C)cc(C)c4)cc3C(=O)O)C[C@H]2C)c1. The number of carboxylic acid groups (broad SMARTS) is 1. The van der Waals surface area contributed by atoms with E-state index >= 15 is 0 Å². The summed E-state index contributed by atoms with van der Waals surface area (Å²) < 4.78 is 28.3. The molecule has 0 radical (unpaired) electrons. The molecular weight excluding hydrogens is 464 g/mol. The van der Waals surface area contributed by atoms with Gasteiger partial charge in [-0.2, -0.15) is 0 Å². The van der Waals surface area contributed by atoms with Gasteiger partial charge in [-0.25, -0.2) is 18.2 Å². The fourth-order valence-corrected chi connectivity index (χ4v) is 5.79. The Bertz CT molecular complexity index is 1350. The molecule has 0 bridgehead atoms. The van der Waals surface area contributed by atoms with Crippen LogP contribution in [-0.2, 0) is 10.0 Å². The molecule has 0 aliphatic carbocycles. The number of hydrogen-bond donors (Lipinski definition) is 2. The predicted octanol–water partition coefficient (Wildman–Crippen LogP) is 4.22. The molecule has 0 amide bonds. The van der Waals surface area contributed by atoms with Crippen LogP contribution in [0.4, 0.5) is 17.2 Å². The van der Waals surface area contributed by atoms with Gasteiger partial charge in [0.15, 0.2) is 0 Å². The summed E-state index contributed by atoms with van der Waals surface area (Å²) in [6.45, 7) is 9.71. The van der Waals surface area contributed by atoms with Crippen molar-refractivity contribution in [1.29, 1.82) is 0 Å². The van der Waals surface area contributed by atoms with E-state index < -0.39 is 16.0 Å². The van der Waals surface area contributed by atoms with E-state index in [1.165, 1.54) is 17.8 Å². The molecule has 184 valence electrons. The van der Waals surface area contributed by atoms with Crippen molar-refractivity contribution in [3.05, 3.63) is 77.0 Å². The number of aromatic carboxylic acids is 1. The molecule has 3 aromatic rings. The average Bonchev–Trinajstić information content (AvgIpc) is 2.78. The maximum absolute atomic E-state index is 12.9. The number of nitrogens with zero attached hydrogens (tertiary/aromatic N) is 3. The zero-order valence-electron chi connectivity index (χ0n) is 20.3. The lowest BCUT2D eigenvalue weighted by atomic mass is 10.1. The second-order valence-electron chi connectivity index (χ2n) is 9.16. The minimum Gasteiger partial charge on any atom is -0.478 e. The van der Waals surface area contributed by atoms with E-state index in [-0.39, 0.29) is 22.2 Å². The Morgan fingerprint density at radius 3 is 2.37 bits per heavy atom. The quantitative estimate of drug-likeness (QED) is 0.529. The summed E-state index contributed by atoms with van der Waals surface area (Å²) in [5.41, 5.74) is 4.04. The number of piperazine rings is 1. The molecule has 1 fully saturated rings. The number of benzene rings is 2. The first kappa shape index (κ1) is 24.5. The summed E-state index contributed by atoms with van der Waals surface area (Å²) in [6.07, 6.45) is 1.37. The maximum atomic E-state index is 12.9. The molecule has 1 aliphatic rings. The highest BCUT2D eigenvalue weighted by Gasteiger charge is 2.28. The van der Waals surface area contributed by atoms with E-state index in [2.05, 4.69) is 46.7 Å². The second-order valence-corrected chi connectivity index (χ2v) is 10.8. The Hall–Kier alpha value is -3.59. The lowest BCUT2D eigenvalue weighted by Gasteiger charge is -2.42. The summed E-state index contributed by atoms with van der Waals surface area (Å²) in [7, 11) is -3.89. The first-order valence-corrected chi connectivity index (χ1v) is 12.9. The standard InChI is InChI=1S/C26H30N4O4S/c1-17-6-5-7-22(11-17)30-9-8-29(16-20(30)4)25-24(26(31)32)14-21(15-27-25)28-35(33,34)23-12-18(2)10-19(3)13-23/h5-7,10-15,20,28H,8-9,16H2,1-4H3,(H,31,32)/t20-/m1/s1. The molecule has 1 aliphatic heterocycles. The summed E-state index contributed by atoms with van der Waals surface area (Å²) in [5, 5.41) is 9.88. The molecule has 2 aromatic carbocycles. The van der Waals surface area contributed by atoms with E-state index in [4.69, 9.17) is 0 Å². The first-order valence-electron chi connectivity index (χ1n) is 11.5. The molecule has 4 rings (SSSR count). The molecule has 8 nitrogen and oxygen atoms in total. The Labute approximate surface area is 206 Å². The van der Waals surface area contributed by atoms with Crippen LogP contribution in [-0.4, -0.2) is 50.2 Å². The van der Waals surface area contributed by atoms with Crippen molar-refractivity contribution >= 4 is 33.2 Å². The van der Waals surface area contributed by atoms with E-state index in [0.29, 0.717) is 25.5 Å². The van der Waals surface area contributed by atoms with Crippen LogP contribution in [0.5, 0.6) is 0 Å². The van der Waals surface area contributed by atoms with Crippen LogP contribution in [0.15, 0.2) is 59.6 Å². The van der Waals surface area contributed by atoms with Crippen LogP contribution in [0.2, 0.25) is 0 Å². The Morgan fingerprint density at radius 2 is 1.74 bits per heavy atom. The predicted molar refractivity (Wildman–Crippen MR) is 138 cm³/mol. The third-order valence-corrected chi connectivity index (χ3v) is 7.48. The number of anilines is 3. The molecule has 0 spiro atoms. The molecule has 2 heterocycles. The first-order chi connectivity index (χ1) is 16.5. The van der Waals surface area contributed by atoms with Crippen molar-refractivity contribution in [2.45, 2.75) is 38.6 Å². The second kappa shape index (κ2) is 9.58. The van der Waals surface area contributed by atoms with Gasteiger partial charge in [-0.1, -0.05) is 18.2 Å². The van der Waals surface area contributed by atoms with Crippen molar-refractivity contribution in [3.8, 4) is 0 Å². The number of carbonyl (C=O) groups is 1. The van der Waals surface area contributed by atoms with Crippen LogP contribution < -0.4 is 14.5 Å². The van der Waals surface area contributed by atoms with Crippen LogP contribution in [0, 0.1) is 20.8 Å². The van der Waals surface area contributed by atoms with Crippen molar-refractivity contribution < 1.29 is 18.3 Å². The number of aryl methyl sites for hydroxylation is 3. The molecule has 2 N–H and O–H groups in total. The normalized spacial score (nSPS) is 16.3. The monoisotopic (exact) mass is 494 g/mol. The Kier molecular flexibility index (Phi) is 6.71. The van der Waals surface area contributed by atoms with Crippen molar-refractivity contribution in [1.82, 2.24) is 4.98 Å². The molecule has 0 saturated carbocycles. The molecule has 9 heteroatoms. The van der Waals surface area contributed by atoms with Gasteiger partial charge < -0.3 is 14.9 Å². The van der Waals surface area contributed by atoms with Gasteiger partial charge >= 0.3 is 5.97 Å². The third-order valence-electron chi connectivity index (χ3n) is 6.12. The Morgan fingerprint density at radius 1 is 1.03 bits per heavy atom. The average molecular weight is 495 g/mol. The highest BCUT2D eigenvalue weighted by atomic mass is 32.2. The Balaban J connectivity index is 1.57. The maximum Gasteiger partial charge on any atom is 0.339 e. The van der Waals surface area contributed by atoms with Crippen molar-refractivity contribution in [2.24, 2.45) is 0 Å². The van der Waals surface area contributed by atoms with Gasteiger partial charge in [0.25, 0.3) is 10.0 Å². The smallest absolute Gasteiger partial charge is 0.339 e. The number of nitrogens with one attached hydrogen (secondary N) is 1. The molecule has 1 atom stereocenters. The van der Waals surface area contributed by atoms with Gasteiger partial charge in [-0.3, -0.25) is 4.72 Å². The van der Waals surface area contributed by atoms with Gasteiger partial charge in [-0.15, -0.1) is 0 Å². The van der Waals surface area contributed by atoms with E-state index in [1.807, 2.05) is 30.9 Å². The van der Waals surface area contributed by atoms with Crippen LogP contribution in [0.3, 0.4) is 0 Å². The van der Waals surface area contributed by atoms with Crippen molar-refractivity contribution in [3.63, 3.8) is 0 Å². The van der Waals surface area contributed by atoms with E-state index in [0.717, 1.165) is 16.8 Å². The topological polar surface area (TPSA) is 103 Å². The van der Waals surface area contributed by atoms with E-state index in [9.17, 15) is 18.3 Å². The fraction of sp³-hybridized carbons (Fsp3) is 0.308. The number of pyridine rings is 1. The zero-order chi connectivity index (χ0) is 25.3. The van der Waals surface area contributed by atoms with E-state index in [1.54, 1.807) is 12.1 Å². The van der Waals surface area contributed by atoms with Crippen LogP contribution in [0.1, 0.15) is 34.0 Å². The molecule has 1 saturated heterocycles. The summed E-state index contributed by atoms with van der Waals surface area (Å²) in [5.74, 6) is -0.823. The summed E-state index contributed by atoms with van der Waals surface area (Å²) in [4.78, 5) is 20.8. The van der Waals surface area contributed by atoms with Gasteiger partial charge in [0.2, 0.25) is 0 Å². The minimum atomic E-state index is -3.89. The largest absolute Gasteiger partial charge is 0.478 e. The van der Waals surface area contributed by atoms with Gasteiger partial charge in [0.05, 0.1) is 16.8 Å². The zero-order valence-corrected chi connectivity index (χ0v) is 21.1. The van der Waals surface area contributed by atoms with Gasteiger partial charge in [-0.05, 0) is 74.7 Å². The van der Waals surface area contributed by atoms with Gasteiger partial charge in [0, 0.05) is 31.4 Å². The lowest BCUT2D eigenvalue weighted by molar-refractivity contribution is 0.0697. The fourth-order valence-electron chi connectivity index (χ4n) is 4.57. The van der Waals surface area contributed by atoms with Crippen LogP contribution >= 0.6 is 0 Å².